The fourth-order valence-corrected chi connectivity index (χ4v) is 3.44. The normalized spacial score (nSPS) is 19.2. The number of rotatable bonds is 6. The summed E-state index contributed by atoms with van der Waals surface area (Å²) in [5, 5.41) is 0. The van der Waals surface area contributed by atoms with Gasteiger partial charge in [0, 0.05) is 37.4 Å². The lowest BCUT2D eigenvalue weighted by molar-refractivity contribution is 0.0888. The molecule has 0 radical (unpaired) electrons. The van der Waals surface area contributed by atoms with Gasteiger partial charge in [0.15, 0.2) is 0 Å². The van der Waals surface area contributed by atoms with Gasteiger partial charge in [-0.1, -0.05) is 19.9 Å². The molecule has 148 valence electrons. The number of likely N-dealkylation sites (tertiary alicyclic amines) is 1. The number of aromatic nitrogens is 1. The lowest BCUT2D eigenvalue weighted by Crippen LogP contribution is -2.52. The summed E-state index contributed by atoms with van der Waals surface area (Å²) in [5.74, 6) is 1.72. The number of hydrogen-bond donors (Lipinski definition) is 1. The number of nitrogens with zero attached hydrogens (tertiary/aromatic N) is 2. The van der Waals surface area contributed by atoms with Crippen LogP contribution < -0.4 is 15.2 Å². The molecule has 0 saturated carbocycles. The molecular formula is C21H30ClN3O2. The molecule has 6 heteroatoms. The van der Waals surface area contributed by atoms with Crippen molar-refractivity contribution in [3.8, 4) is 11.5 Å². The zero-order chi connectivity index (χ0) is 18.6. The Morgan fingerprint density at radius 3 is 2.74 bits per heavy atom. The van der Waals surface area contributed by atoms with E-state index in [1.54, 1.807) is 13.3 Å². The zero-order valence-corrected chi connectivity index (χ0v) is 17.2. The maximum atomic E-state index is 6.28. The number of pyridine rings is 1. The maximum Gasteiger partial charge on any atom is 0.130 e. The third-order valence-corrected chi connectivity index (χ3v) is 5.15. The van der Waals surface area contributed by atoms with Gasteiger partial charge in [-0.25, -0.2) is 0 Å². The number of ether oxygens (including phenoxy) is 2. The molecular weight excluding hydrogens is 362 g/mol. The van der Waals surface area contributed by atoms with Gasteiger partial charge in [0.05, 0.1) is 12.8 Å². The van der Waals surface area contributed by atoms with E-state index in [1.807, 2.05) is 30.3 Å². The average Bonchev–Trinajstić information content (AvgIpc) is 2.64. The van der Waals surface area contributed by atoms with Crippen molar-refractivity contribution in [2.75, 3.05) is 20.2 Å². The van der Waals surface area contributed by atoms with Crippen LogP contribution in [0.1, 0.15) is 31.5 Å². The van der Waals surface area contributed by atoms with Crippen molar-refractivity contribution in [2.24, 2.45) is 11.1 Å². The van der Waals surface area contributed by atoms with E-state index in [4.69, 9.17) is 15.2 Å². The Morgan fingerprint density at radius 2 is 2.07 bits per heavy atom. The molecule has 1 aromatic carbocycles. The number of piperidine rings is 1. The van der Waals surface area contributed by atoms with Gasteiger partial charge in [0.1, 0.15) is 18.1 Å². The molecule has 1 saturated heterocycles. The molecule has 1 aliphatic rings. The summed E-state index contributed by atoms with van der Waals surface area (Å²) in [7, 11) is 1.69. The lowest BCUT2D eigenvalue weighted by Gasteiger charge is -2.42. The van der Waals surface area contributed by atoms with Crippen LogP contribution >= 0.6 is 12.4 Å². The summed E-state index contributed by atoms with van der Waals surface area (Å²) in [6.07, 6.45) is 2.80. The van der Waals surface area contributed by atoms with Gasteiger partial charge in [-0.15, -0.1) is 12.4 Å². The van der Waals surface area contributed by atoms with Gasteiger partial charge in [0.2, 0.25) is 0 Å². The van der Waals surface area contributed by atoms with Crippen LogP contribution in [0.5, 0.6) is 11.5 Å². The highest BCUT2D eigenvalue weighted by Gasteiger charge is 2.33. The highest BCUT2D eigenvalue weighted by atomic mass is 35.5. The summed E-state index contributed by atoms with van der Waals surface area (Å²) in [5.41, 5.74) is 8.44. The first kappa shape index (κ1) is 21.5. The lowest BCUT2D eigenvalue weighted by atomic mass is 9.79. The number of benzene rings is 1. The second-order valence-corrected chi connectivity index (χ2v) is 7.68. The molecule has 1 fully saturated rings. The minimum absolute atomic E-state index is 0. The molecule has 0 spiro atoms. The Hall–Kier alpha value is -1.82. The monoisotopic (exact) mass is 391 g/mol. The molecule has 1 aromatic heterocycles. The van der Waals surface area contributed by atoms with Crippen LogP contribution in [0.2, 0.25) is 0 Å². The van der Waals surface area contributed by atoms with Gasteiger partial charge >= 0.3 is 0 Å². The fraction of sp³-hybridized carbons (Fsp3) is 0.476. The highest BCUT2D eigenvalue weighted by Crippen LogP contribution is 2.31. The molecule has 1 aliphatic heterocycles. The Bertz CT molecular complexity index is 725. The van der Waals surface area contributed by atoms with Crippen LogP contribution in [0.3, 0.4) is 0 Å². The number of nitrogens with two attached hydrogens (primary N) is 1. The summed E-state index contributed by atoms with van der Waals surface area (Å²) in [6.45, 7) is 7.75. The Kier molecular flexibility index (Phi) is 7.48. The second kappa shape index (κ2) is 9.40. The van der Waals surface area contributed by atoms with Crippen LogP contribution in [-0.2, 0) is 13.2 Å². The standard InChI is InChI=1S/C21H29N3O2.ClH/c1-21(2)15-24(11-9-20(21)22)13-16-12-18(25-3)7-8-19(16)26-14-17-6-4-5-10-23-17;/h4-8,10,12,20H,9,11,13-15,22H2,1-3H3;1H. The number of halogens is 1. The van der Waals surface area contributed by atoms with Crippen molar-refractivity contribution in [3.63, 3.8) is 0 Å². The smallest absolute Gasteiger partial charge is 0.130 e. The Balaban J connectivity index is 0.00000261. The zero-order valence-electron chi connectivity index (χ0n) is 16.4. The molecule has 2 heterocycles. The van der Waals surface area contributed by atoms with Crippen molar-refractivity contribution in [1.29, 1.82) is 0 Å². The molecule has 1 unspecified atom stereocenters. The van der Waals surface area contributed by atoms with E-state index >= 15 is 0 Å². The van der Waals surface area contributed by atoms with E-state index in [2.05, 4.69) is 29.8 Å². The maximum absolute atomic E-state index is 6.28. The molecule has 3 rings (SSSR count). The van der Waals surface area contributed by atoms with E-state index in [1.165, 1.54) is 0 Å². The van der Waals surface area contributed by atoms with Crippen LogP contribution in [0.15, 0.2) is 42.6 Å². The SMILES string of the molecule is COc1ccc(OCc2ccccn2)c(CN2CCC(N)C(C)(C)C2)c1.Cl. The van der Waals surface area contributed by atoms with Crippen molar-refractivity contribution in [1.82, 2.24) is 9.88 Å². The second-order valence-electron chi connectivity index (χ2n) is 7.68. The minimum atomic E-state index is 0. The van der Waals surface area contributed by atoms with Crippen molar-refractivity contribution in [2.45, 2.75) is 39.5 Å². The first-order valence-corrected chi connectivity index (χ1v) is 9.15. The van der Waals surface area contributed by atoms with Crippen LogP contribution in [0, 0.1) is 5.41 Å². The van der Waals surface area contributed by atoms with Crippen molar-refractivity contribution >= 4 is 12.4 Å². The van der Waals surface area contributed by atoms with Crippen molar-refractivity contribution < 1.29 is 9.47 Å². The molecule has 2 aromatic rings. The summed E-state index contributed by atoms with van der Waals surface area (Å²) < 4.78 is 11.5. The number of methoxy groups -OCH3 is 1. The van der Waals surface area contributed by atoms with Crippen molar-refractivity contribution in [3.05, 3.63) is 53.9 Å². The molecule has 5 nitrogen and oxygen atoms in total. The van der Waals surface area contributed by atoms with Gasteiger partial charge < -0.3 is 15.2 Å². The molecule has 0 aliphatic carbocycles. The number of hydrogen-bond acceptors (Lipinski definition) is 5. The molecule has 2 N–H and O–H groups in total. The fourth-order valence-electron chi connectivity index (χ4n) is 3.44. The van der Waals surface area contributed by atoms with Gasteiger partial charge in [-0.3, -0.25) is 9.88 Å². The Morgan fingerprint density at radius 1 is 1.26 bits per heavy atom. The quantitative estimate of drug-likeness (QED) is 0.814. The van der Waals surface area contributed by atoms with Crippen LogP contribution in [0.25, 0.3) is 0 Å². The van der Waals surface area contributed by atoms with E-state index in [-0.39, 0.29) is 23.9 Å². The minimum Gasteiger partial charge on any atom is -0.497 e. The predicted octanol–water partition coefficient (Wildman–Crippen LogP) is 3.65. The van der Waals surface area contributed by atoms with Crippen LogP contribution in [-0.4, -0.2) is 36.1 Å². The van der Waals surface area contributed by atoms with Gasteiger partial charge in [-0.05, 0) is 42.2 Å². The third-order valence-electron chi connectivity index (χ3n) is 5.15. The van der Waals surface area contributed by atoms with Gasteiger partial charge in [0.25, 0.3) is 0 Å². The summed E-state index contributed by atoms with van der Waals surface area (Å²) in [6, 6.07) is 12.1. The largest absolute Gasteiger partial charge is 0.497 e. The molecule has 1 atom stereocenters. The topological polar surface area (TPSA) is 60.6 Å². The average molecular weight is 392 g/mol. The molecule has 0 amide bonds. The third kappa shape index (κ3) is 5.58. The first-order valence-electron chi connectivity index (χ1n) is 9.15. The molecule has 0 bridgehead atoms. The Labute approximate surface area is 168 Å². The molecule has 27 heavy (non-hydrogen) atoms. The van der Waals surface area contributed by atoms with Crippen LogP contribution in [0.4, 0.5) is 0 Å². The van der Waals surface area contributed by atoms with E-state index in [0.29, 0.717) is 6.61 Å². The van der Waals surface area contributed by atoms with E-state index < -0.39 is 0 Å². The predicted molar refractivity (Wildman–Crippen MR) is 110 cm³/mol. The first-order chi connectivity index (χ1) is 12.5. The van der Waals surface area contributed by atoms with Gasteiger partial charge in [-0.2, -0.15) is 0 Å². The summed E-state index contributed by atoms with van der Waals surface area (Å²) in [4.78, 5) is 6.78. The highest BCUT2D eigenvalue weighted by molar-refractivity contribution is 5.85. The van der Waals surface area contributed by atoms with E-state index in [0.717, 1.165) is 48.8 Å². The van der Waals surface area contributed by atoms with E-state index in [9.17, 15) is 0 Å². The summed E-state index contributed by atoms with van der Waals surface area (Å²) >= 11 is 0.